The van der Waals surface area contributed by atoms with Gasteiger partial charge in [-0.25, -0.2) is 13.4 Å². The molecule has 0 unspecified atom stereocenters. The van der Waals surface area contributed by atoms with Gasteiger partial charge in [-0.15, -0.1) is 0 Å². The Morgan fingerprint density at radius 1 is 1.25 bits per heavy atom. The Balaban J connectivity index is 1.65. The van der Waals surface area contributed by atoms with Gasteiger partial charge in [-0.3, -0.25) is 4.79 Å². The molecule has 1 saturated carbocycles. The van der Waals surface area contributed by atoms with E-state index in [1.54, 1.807) is 16.1 Å². The fraction of sp³-hybridized carbons (Fsp3) is 0.652. The van der Waals surface area contributed by atoms with Crippen LogP contribution in [-0.4, -0.2) is 57.9 Å². The largest absolute Gasteiger partial charge is 0.459 e. The predicted molar refractivity (Wildman–Crippen MR) is 129 cm³/mol. The summed E-state index contributed by atoms with van der Waals surface area (Å²) in [5, 5.41) is 0.754. The quantitative estimate of drug-likeness (QED) is 0.253. The average molecular weight is 482 g/mol. The minimum atomic E-state index is -3.19. The fourth-order valence-corrected chi connectivity index (χ4v) is 6.46. The number of fused-ring (bicyclic) bond motifs is 1. The van der Waals surface area contributed by atoms with E-state index in [4.69, 9.17) is 9.72 Å². The first kappa shape index (κ1) is 25.1. The van der Waals surface area contributed by atoms with E-state index in [1.165, 1.54) is 0 Å². The molecule has 0 radical (unpaired) electrons. The number of thioether (sulfide) groups is 1. The van der Waals surface area contributed by atoms with Crippen molar-refractivity contribution in [2.24, 2.45) is 0 Å². The predicted octanol–water partition coefficient (Wildman–Crippen LogP) is 4.45. The van der Waals surface area contributed by atoms with Crippen LogP contribution in [0.5, 0.6) is 0 Å². The van der Waals surface area contributed by atoms with E-state index in [9.17, 15) is 13.2 Å². The van der Waals surface area contributed by atoms with Gasteiger partial charge in [-0.1, -0.05) is 37.2 Å². The summed E-state index contributed by atoms with van der Waals surface area (Å²) < 4.78 is 34.5. The smallest absolute Gasteiger partial charge is 0.326 e. The second-order valence-electron chi connectivity index (χ2n) is 9.27. The van der Waals surface area contributed by atoms with Crippen LogP contribution in [0.1, 0.15) is 59.8 Å². The summed E-state index contributed by atoms with van der Waals surface area (Å²) in [5.41, 5.74) is 1.18. The van der Waals surface area contributed by atoms with Gasteiger partial charge in [0.1, 0.15) is 12.1 Å². The summed E-state index contributed by atoms with van der Waals surface area (Å²) in [6.45, 7) is 8.21. The number of ether oxygens (including phenoxy) is 1. The lowest BCUT2D eigenvalue weighted by molar-refractivity contribution is -0.155. The van der Waals surface area contributed by atoms with Crippen LogP contribution in [0.15, 0.2) is 29.4 Å². The minimum absolute atomic E-state index is 0.0969. The molecule has 0 aliphatic heterocycles. The first-order chi connectivity index (χ1) is 15.1. The van der Waals surface area contributed by atoms with Crippen molar-refractivity contribution in [3.05, 3.63) is 24.3 Å². The molecular formula is C23H35N3O4S2. The molecule has 1 aromatic heterocycles. The van der Waals surface area contributed by atoms with Crippen LogP contribution in [0, 0.1) is 0 Å². The van der Waals surface area contributed by atoms with E-state index in [-0.39, 0.29) is 24.3 Å². The number of unbranched alkanes of at least 4 members (excludes halogenated alkanes) is 1. The van der Waals surface area contributed by atoms with E-state index in [2.05, 4.69) is 0 Å². The molecule has 7 nitrogen and oxygen atoms in total. The molecule has 178 valence electrons. The Bertz CT molecular complexity index is 1020. The number of benzene rings is 1. The van der Waals surface area contributed by atoms with Gasteiger partial charge in [0, 0.05) is 18.3 Å². The van der Waals surface area contributed by atoms with Crippen LogP contribution in [-0.2, 0) is 26.1 Å². The zero-order valence-electron chi connectivity index (χ0n) is 19.5. The van der Waals surface area contributed by atoms with E-state index in [1.807, 2.05) is 56.5 Å². The number of esters is 1. The highest BCUT2D eigenvalue weighted by Gasteiger charge is 2.36. The molecule has 0 bridgehead atoms. The van der Waals surface area contributed by atoms with Crippen molar-refractivity contribution < 1.29 is 17.9 Å². The van der Waals surface area contributed by atoms with Crippen LogP contribution < -0.4 is 0 Å². The van der Waals surface area contributed by atoms with Crippen molar-refractivity contribution in [2.45, 2.75) is 83.1 Å². The monoisotopic (exact) mass is 481 g/mol. The highest BCUT2D eigenvalue weighted by molar-refractivity contribution is 7.99. The van der Waals surface area contributed by atoms with E-state index < -0.39 is 15.6 Å². The van der Waals surface area contributed by atoms with E-state index in [0.717, 1.165) is 47.6 Å². The van der Waals surface area contributed by atoms with Crippen molar-refractivity contribution in [3.8, 4) is 0 Å². The number of carbonyl (C=O) groups excluding carboxylic acids is 1. The van der Waals surface area contributed by atoms with Crippen LogP contribution in [0.3, 0.4) is 0 Å². The van der Waals surface area contributed by atoms with Crippen LogP contribution in [0.25, 0.3) is 11.0 Å². The third-order valence-corrected chi connectivity index (χ3v) is 8.21. The van der Waals surface area contributed by atoms with E-state index >= 15 is 0 Å². The summed E-state index contributed by atoms with van der Waals surface area (Å²) in [5.74, 6) is 0.660. The van der Waals surface area contributed by atoms with Gasteiger partial charge >= 0.3 is 5.97 Å². The molecule has 1 heterocycles. The Morgan fingerprint density at radius 3 is 2.62 bits per heavy atom. The number of rotatable bonds is 12. The summed E-state index contributed by atoms with van der Waals surface area (Å²) in [7, 11) is -3.19. The second kappa shape index (κ2) is 10.6. The molecule has 0 atom stereocenters. The minimum Gasteiger partial charge on any atom is -0.459 e. The summed E-state index contributed by atoms with van der Waals surface area (Å²) in [6, 6.07) is 7.92. The number of imidazole rings is 1. The molecule has 2 aromatic rings. The molecule has 1 aliphatic rings. The van der Waals surface area contributed by atoms with Crippen molar-refractivity contribution in [1.82, 2.24) is 13.9 Å². The number of para-hydroxylation sites is 2. The van der Waals surface area contributed by atoms with Crippen LogP contribution >= 0.6 is 11.8 Å². The average Bonchev–Trinajstić information content (AvgIpc) is 3.48. The van der Waals surface area contributed by atoms with E-state index in [0.29, 0.717) is 13.0 Å². The van der Waals surface area contributed by atoms with Gasteiger partial charge in [0.15, 0.2) is 5.16 Å². The Hall–Kier alpha value is -1.58. The van der Waals surface area contributed by atoms with Gasteiger partial charge in [0.2, 0.25) is 10.0 Å². The molecule has 0 amide bonds. The third-order valence-electron chi connectivity index (χ3n) is 5.15. The molecule has 1 aliphatic carbocycles. The number of aromatic nitrogens is 2. The lowest BCUT2D eigenvalue weighted by Gasteiger charge is -2.22. The summed E-state index contributed by atoms with van der Waals surface area (Å²) in [6.07, 6.45) is 4.24. The Labute approximate surface area is 196 Å². The summed E-state index contributed by atoms with van der Waals surface area (Å²) >= 11 is 1.56. The van der Waals surface area contributed by atoms with Gasteiger partial charge in [0.25, 0.3) is 0 Å². The molecular weight excluding hydrogens is 446 g/mol. The topological polar surface area (TPSA) is 81.5 Å². The van der Waals surface area contributed by atoms with Crippen molar-refractivity contribution in [1.29, 1.82) is 0 Å². The number of hydrogen-bond acceptors (Lipinski definition) is 6. The molecule has 1 aromatic carbocycles. The van der Waals surface area contributed by atoms with Crippen LogP contribution in [0.2, 0.25) is 0 Å². The Morgan fingerprint density at radius 2 is 1.97 bits per heavy atom. The molecule has 9 heteroatoms. The van der Waals surface area contributed by atoms with Crippen LogP contribution in [0.4, 0.5) is 0 Å². The number of hydrogen-bond donors (Lipinski definition) is 0. The van der Waals surface area contributed by atoms with Crippen molar-refractivity contribution in [3.63, 3.8) is 0 Å². The van der Waals surface area contributed by atoms with Crippen molar-refractivity contribution in [2.75, 3.05) is 18.1 Å². The molecule has 0 spiro atoms. The number of carbonyl (C=O) groups is 1. The standard InChI is InChI=1S/C23H35N3O4S2/c1-5-6-16-32(28,29)26(18-12-13-18)14-9-15-31-22-24-19-10-7-8-11-20(19)25(22)17-21(27)30-23(2,3)4/h7-8,10-11,18H,5-6,9,12-17H2,1-4H3. The molecule has 0 N–H and O–H groups in total. The van der Waals surface area contributed by atoms with Gasteiger partial charge in [0.05, 0.1) is 16.8 Å². The molecule has 32 heavy (non-hydrogen) atoms. The fourth-order valence-electron chi connectivity index (χ4n) is 3.56. The number of nitrogens with zero attached hydrogens (tertiary/aromatic N) is 3. The maximum absolute atomic E-state index is 12.7. The molecule has 3 rings (SSSR count). The van der Waals surface area contributed by atoms with Gasteiger partial charge < -0.3 is 9.30 Å². The highest BCUT2D eigenvalue weighted by Crippen LogP contribution is 2.31. The Kier molecular flexibility index (Phi) is 8.27. The first-order valence-corrected chi connectivity index (χ1v) is 14.0. The first-order valence-electron chi connectivity index (χ1n) is 11.4. The normalized spacial score (nSPS) is 14.9. The maximum Gasteiger partial charge on any atom is 0.326 e. The maximum atomic E-state index is 12.7. The summed E-state index contributed by atoms with van der Waals surface area (Å²) in [4.78, 5) is 17.2. The zero-order valence-corrected chi connectivity index (χ0v) is 21.2. The number of sulfonamides is 1. The molecule has 1 fully saturated rings. The van der Waals surface area contributed by atoms with Gasteiger partial charge in [-0.2, -0.15) is 4.31 Å². The lowest BCUT2D eigenvalue weighted by Crippen LogP contribution is -2.36. The molecule has 0 saturated heterocycles. The highest BCUT2D eigenvalue weighted by atomic mass is 32.2. The SMILES string of the molecule is CCCCS(=O)(=O)N(CCCSc1nc2ccccc2n1CC(=O)OC(C)(C)C)C1CC1. The lowest BCUT2D eigenvalue weighted by atomic mass is 10.2. The zero-order chi connectivity index (χ0) is 23.4. The third kappa shape index (κ3) is 6.96. The van der Waals surface area contributed by atoms with Crippen molar-refractivity contribution >= 4 is 38.8 Å². The van der Waals surface area contributed by atoms with Gasteiger partial charge in [-0.05, 0) is 58.6 Å². The second-order valence-corrected chi connectivity index (χ2v) is 12.4.